The molecule has 0 spiro atoms. The van der Waals surface area contributed by atoms with Gasteiger partial charge in [-0.3, -0.25) is 0 Å². The molecule has 0 radical (unpaired) electrons. The average Bonchev–Trinajstić information content (AvgIpc) is 2.54. The van der Waals surface area contributed by atoms with Gasteiger partial charge in [0.25, 0.3) is 0 Å². The Kier molecular flexibility index (Phi) is 5.49. The molecule has 0 saturated carbocycles. The van der Waals surface area contributed by atoms with Crippen molar-refractivity contribution >= 4 is 5.69 Å². The molecule has 5 nitrogen and oxygen atoms in total. The molecule has 0 aliphatic rings. The number of aliphatic hydroxyl groups is 1. The molecule has 1 rings (SSSR count). The van der Waals surface area contributed by atoms with Crippen LogP contribution in [0.15, 0.2) is 35.5 Å². The van der Waals surface area contributed by atoms with Crippen LogP contribution in [-0.4, -0.2) is 5.11 Å². The summed E-state index contributed by atoms with van der Waals surface area (Å²) in [5.74, 6) is 0. The summed E-state index contributed by atoms with van der Waals surface area (Å²) in [6.07, 6.45) is 1.02. The molecule has 1 aromatic rings. The molecule has 106 valence electrons. The minimum Gasteiger partial charge on any atom is -0.385 e. The highest BCUT2D eigenvalue weighted by Crippen LogP contribution is 2.34. The average molecular weight is 280 g/mol. The molecule has 0 fully saturated rings. The summed E-state index contributed by atoms with van der Waals surface area (Å²) in [6, 6.07) is 12.2. The van der Waals surface area contributed by atoms with Gasteiger partial charge in [-0.05, 0) is 18.9 Å². The van der Waals surface area contributed by atoms with Crippen LogP contribution in [0.3, 0.4) is 0 Å². The number of rotatable bonds is 5. The number of benzene rings is 1. The molecule has 21 heavy (non-hydrogen) atoms. The van der Waals surface area contributed by atoms with Crippen molar-refractivity contribution in [2.24, 2.45) is 0 Å². The highest BCUT2D eigenvalue weighted by atomic mass is 16.3. The van der Waals surface area contributed by atoms with E-state index in [4.69, 9.17) is 15.8 Å². The van der Waals surface area contributed by atoms with E-state index >= 15 is 0 Å². The first kappa shape index (κ1) is 16.2. The predicted molar refractivity (Wildman–Crippen MR) is 78.4 cm³/mol. The fourth-order valence-corrected chi connectivity index (χ4v) is 2.05. The van der Waals surface area contributed by atoms with Crippen LogP contribution >= 0.6 is 0 Å². The van der Waals surface area contributed by atoms with Gasteiger partial charge in [-0.1, -0.05) is 32.0 Å². The first-order valence-electron chi connectivity index (χ1n) is 6.59. The number of nitrogens with zero attached hydrogens (tertiary/aromatic N) is 3. The van der Waals surface area contributed by atoms with Gasteiger partial charge in [-0.15, -0.1) is 0 Å². The van der Waals surface area contributed by atoms with E-state index < -0.39 is 5.60 Å². The Bertz CT molecular complexity index is 651. The van der Waals surface area contributed by atoms with Gasteiger partial charge in [-0.25, -0.2) is 0 Å². The van der Waals surface area contributed by atoms with Crippen molar-refractivity contribution in [3.8, 4) is 18.2 Å². The maximum absolute atomic E-state index is 10.7. The van der Waals surface area contributed by atoms with Crippen LogP contribution in [0.4, 0.5) is 5.69 Å². The lowest BCUT2D eigenvalue weighted by Crippen LogP contribution is -2.25. The maximum Gasteiger partial charge on any atom is 0.163 e. The number of anilines is 1. The van der Waals surface area contributed by atoms with Gasteiger partial charge in [0.2, 0.25) is 0 Å². The molecule has 0 heterocycles. The summed E-state index contributed by atoms with van der Waals surface area (Å²) in [5.41, 5.74) is -0.282. The lowest BCUT2D eigenvalue weighted by Gasteiger charge is -2.28. The van der Waals surface area contributed by atoms with Crippen molar-refractivity contribution < 1.29 is 5.11 Å². The third kappa shape index (κ3) is 3.39. The molecule has 2 N–H and O–H groups in total. The van der Waals surface area contributed by atoms with E-state index in [1.807, 2.05) is 19.9 Å². The van der Waals surface area contributed by atoms with Gasteiger partial charge in [0.1, 0.15) is 23.9 Å². The van der Waals surface area contributed by atoms with Crippen LogP contribution in [0.1, 0.15) is 32.3 Å². The van der Waals surface area contributed by atoms with Gasteiger partial charge in [0.15, 0.2) is 5.57 Å². The van der Waals surface area contributed by atoms with E-state index in [-0.39, 0.29) is 11.3 Å². The Morgan fingerprint density at radius 2 is 1.67 bits per heavy atom. The normalized spacial score (nSPS) is 9.90. The van der Waals surface area contributed by atoms with Gasteiger partial charge in [0, 0.05) is 11.3 Å². The molecular weight excluding hydrogens is 264 g/mol. The second kappa shape index (κ2) is 7.10. The SMILES string of the molecule is CCC(O)(CC)c1ccccc1NC(C#N)=C(C#N)C#N. The second-order valence-corrected chi connectivity index (χ2v) is 4.49. The minimum absolute atomic E-state index is 0.123. The van der Waals surface area contributed by atoms with Gasteiger partial charge >= 0.3 is 0 Å². The van der Waals surface area contributed by atoms with Crippen LogP contribution in [0.2, 0.25) is 0 Å². The van der Waals surface area contributed by atoms with Crippen LogP contribution in [0, 0.1) is 34.0 Å². The number of para-hydroxylation sites is 1. The molecule has 0 bridgehead atoms. The minimum atomic E-state index is -1.02. The van der Waals surface area contributed by atoms with Crippen molar-refractivity contribution in [3.63, 3.8) is 0 Å². The van der Waals surface area contributed by atoms with E-state index in [1.54, 1.807) is 36.4 Å². The Balaban J connectivity index is 3.36. The van der Waals surface area contributed by atoms with Crippen molar-refractivity contribution in [1.29, 1.82) is 15.8 Å². The molecule has 0 unspecified atom stereocenters. The smallest absolute Gasteiger partial charge is 0.163 e. The summed E-state index contributed by atoms with van der Waals surface area (Å²) >= 11 is 0. The number of allylic oxidation sites excluding steroid dienone is 2. The first-order valence-corrected chi connectivity index (χ1v) is 6.59. The van der Waals surface area contributed by atoms with E-state index in [9.17, 15) is 5.11 Å². The zero-order chi connectivity index (χ0) is 15.9. The molecular formula is C16H16N4O. The van der Waals surface area contributed by atoms with Gasteiger partial charge in [0.05, 0.1) is 5.60 Å². The fourth-order valence-electron chi connectivity index (χ4n) is 2.05. The van der Waals surface area contributed by atoms with Crippen LogP contribution in [-0.2, 0) is 5.60 Å². The summed E-state index contributed by atoms with van der Waals surface area (Å²) in [7, 11) is 0. The summed E-state index contributed by atoms with van der Waals surface area (Å²) in [4.78, 5) is 0. The highest BCUT2D eigenvalue weighted by molar-refractivity contribution is 5.62. The molecule has 0 aliphatic heterocycles. The Hall–Kier alpha value is -2.81. The summed E-state index contributed by atoms with van der Waals surface area (Å²) in [6.45, 7) is 3.74. The van der Waals surface area contributed by atoms with Crippen molar-refractivity contribution in [1.82, 2.24) is 0 Å². The standard InChI is InChI=1S/C16H16N4O/c1-3-16(21,4-2)13-7-5-6-8-14(13)20-15(11-19)12(9-17)10-18/h5-8,20-21H,3-4H2,1-2H3. The molecule has 0 atom stereocenters. The van der Waals surface area contributed by atoms with E-state index in [0.29, 0.717) is 24.1 Å². The Labute approximate surface area is 124 Å². The van der Waals surface area contributed by atoms with E-state index in [2.05, 4.69) is 5.32 Å². The zero-order valence-electron chi connectivity index (χ0n) is 12.0. The topological polar surface area (TPSA) is 104 Å². The quantitative estimate of drug-likeness (QED) is 0.807. The summed E-state index contributed by atoms with van der Waals surface area (Å²) < 4.78 is 0. The van der Waals surface area contributed by atoms with Crippen LogP contribution in [0.25, 0.3) is 0 Å². The predicted octanol–water partition coefficient (Wildman–Crippen LogP) is 2.93. The van der Waals surface area contributed by atoms with Crippen LogP contribution < -0.4 is 5.32 Å². The van der Waals surface area contributed by atoms with Gasteiger partial charge < -0.3 is 10.4 Å². The Morgan fingerprint density at radius 1 is 1.10 bits per heavy atom. The van der Waals surface area contributed by atoms with Crippen molar-refractivity contribution in [2.45, 2.75) is 32.3 Å². The first-order chi connectivity index (χ1) is 10.1. The van der Waals surface area contributed by atoms with Crippen molar-refractivity contribution in [3.05, 3.63) is 41.1 Å². The Morgan fingerprint density at radius 3 is 2.14 bits per heavy atom. The zero-order valence-corrected chi connectivity index (χ0v) is 12.0. The summed E-state index contributed by atoms with van der Waals surface area (Å²) in [5, 5.41) is 40.2. The number of hydrogen-bond donors (Lipinski definition) is 2. The molecule has 0 saturated heterocycles. The lowest BCUT2D eigenvalue weighted by molar-refractivity contribution is 0.0291. The van der Waals surface area contributed by atoms with E-state index in [1.165, 1.54) is 0 Å². The number of nitrogens with one attached hydrogen (secondary N) is 1. The lowest BCUT2D eigenvalue weighted by atomic mass is 9.87. The molecule has 1 aromatic carbocycles. The highest BCUT2D eigenvalue weighted by Gasteiger charge is 2.27. The van der Waals surface area contributed by atoms with E-state index in [0.717, 1.165) is 0 Å². The molecule has 0 amide bonds. The number of nitriles is 3. The maximum atomic E-state index is 10.7. The second-order valence-electron chi connectivity index (χ2n) is 4.49. The van der Waals surface area contributed by atoms with Gasteiger partial charge in [-0.2, -0.15) is 15.8 Å². The molecule has 5 heteroatoms. The molecule has 0 aliphatic carbocycles. The van der Waals surface area contributed by atoms with Crippen molar-refractivity contribution in [2.75, 3.05) is 5.32 Å². The van der Waals surface area contributed by atoms with Crippen LogP contribution in [0.5, 0.6) is 0 Å². The monoisotopic (exact) mass is 280 g/mol. The third-order valence-electron chi connectivity index (χ3n) is 3.44. The fraction of sp³-hybridized carbons (Fsp3) is 0.312. The third-order valence-corrected chi connectivity index (χ3v) is 3.44. The number of hydrogen-bond acceptors (Lipinski definition) is 5. The largest absolute Gasteiger partial charge is 0.385 e. The molecule has 0 aromatic heterocycles.